The predicted octanol–water partition coefficient (Wildman–Crippen LogP) is 2.17. The average Bonchev–Trinajstić information content (AvgIpc) is 2.50. The minimum Gasteiger partial charge on any atom is -0.468 e. The molecule has 0 saturated heterocycles. The number of hydrogen-bond acceptors (Lipinski definition) is 4. The summed E-state index contributed by atoms with van der Waals surface area (Å²) in [5.41, 5.74) is 0.949. The molecule has 0 saturated carbocycles. The molecule has 0 atom stereocenters. The van der Waals surface area contributed by atoms with Crippen LogP contribution in [0.3, 0.4) is 0 Å². The van der Waals surface area contributed by atoms with Crippen molar-refractivity contribution in [1.29, 1.82) is 0 Å². The highest BCUT2D eigenvalue weighted by Crippen LogP contribution is 2.12. The quantitative estimate of drug-likeness (QED) is 0.357. The molecule has 1 aromatic rings. The molecule has 0 radical (unpaired) electrons. The molecule has 0 amide bonds. The molecule has 0 bridgehead atoms. The number of ether oxygens (including phenoxy) is 2. The fraction of sp³-hybridized carbons (Fsp3) is 0.375. The van der Waals surface area contributed by atoms with E-state index in [2.05, 4.69) is 21.3 Å². The zero-order valence-corrected chi connectivity index (χ0v) is 11.7. The third-order valence-electron chi connectivity index (χ3n) is 2.77. The maximum absolute atomic E-state index is 11.4. The molecule has 0 fully saturated rings. The molecule has 4 nitrogen and oxygen atoms in total. The fourth-order valence-corrected chi connectivity index (χ4v) is 1.70. The van der Waals surface area contributed by atoms with Crippen LogP contribution in [-0.2, 0) is 19.1 Å². The van der Waals surface area contributed by atoms with Crippen LogP contribution in [0.25, 0.3) is 0 Å². The highest BCUT2D eigenvalue weighted by molar-refractivity contribution is 5.94. The van der Waals surface area contributed by atoms with Crippen LogP contribution in [0, 0.1) is 17.8 Å². The summed E-state index contributed by atoms with van der Waals surface area (Å²) < 4.78 is 9.17. The standard InChI is InChI=1S/C16H18O4/c1-19-15(17)14(16(18)20-2)12-8-4-7-11-13-9-5-3-6-10-13/h3,5-6,9-10,14H,4,8,12H2,1-2H3. The van der Waals surface area contributed by atoms with Crippen LogP contribution in [0.5, 0.6) is 0 Å². The maximum Gasteiger partial charge on any atom is 0.320 e. The smallest absolute Gasteiger partial charge is 0.320 e. The Morgan fingerprint density at radius 3 is 2.25 bits per heavy atom. The third kappa shape index (κ3) is 5.15. The lowest BCUT2D eigenvalue weighted by Crippen LogP contribution is -2.26. The van der Waals surface area contributed by atoms with E-state index in [0.29, 0.717) is 19.3 Å². The second-order valence-electron chi connectivity index (χ2n) is 4.16. The van der Waals surface area contributed by atoms with E-state index >= 15 is 0 Å². The topological polar surface area (TPSA) is 52.6 Å². The summed E-state index contributed by atoms with van der Waals surface area (Å²) in [6, 6.07) is 9.64. The molecule has 106 valence electrons. The Morgan fingerprint density at radius 1 is 1.10 bits per heavy atom. The zero-order chi connectivity index (χ0) is 14.8. The number of carbonyl (C=O) groups excluding carboxylic acids is 2. The summed E-state index contributed by atoms with van der Waals surface area (Å²) in [6.45, 7) is 0. The molecular formula is C16H18O4. The summed E-state index contributed by atoms with van der Waals surface area (Å²) in [6.07, 6.45) is 1.62. The van der Waals surface area contributed by atoms with Gasteiger partial charge in [0.25, 0.3) is 0 Å². The van der Waals surface area contributed by atoms with Crippen LogP contribution in [0.4, 0.5) is 0 Å². The first-order valence-electron chi connectivity index (χ1n) is 6.38. The number of methoxy groups -OCH3 is 2. The van der Waals surface area contributed by atoms with Crippen LogP contribution in [0.2, 0.25) is 0 Å². The van der Waals surface area contributed by atoms with Gasteiger partial charge in [-0.3, -0.25) is 9.59 Å². The van der Waals surface area contributed by atoms with Gasteiger partial charge in [-0.15, -0.1) is 0 Å². The van der Waals surface area contributed by atoms with Crippen molar-refractivity contribution < 1.29 is 19.1 Å². The zero-order valence-electron chi connectivity index (χ0n) is 11.7. The van der Waals surface area contributed by atoms with Gasteiger partial charge in [0.05, 0.1) is 14.2 Å². The van der Waals surface area contributed by atoms with Crippen molar-refractivity contribution in [2.24, 2.45) is 5.92 Å². The van der Waals surface area contributed by atoms with Crippen molar-refractivity contribution in [3.05, 3.63) is 35.9 Å². The number of hydrogen-bond donors (Lipinski definition) is 0. The number of unbranched alkanes of at least 4 members (excludes halogenated alkanes) is 1. The van der Waals surface area contributed by atoms with Gasteiger partial charge in [-0.25, -0.2) is 0 Å². The van der Waals surface area contributed by atoms with E-state index in [9.17, 15) is 9.59 Å². The highest BCUT2D eigenvalue weighted by atomic mass is 16.5. The molecule has 1 rings (SSSR count). The van der Waals surface area contributed by atoms with Crippen molar-refractivity contribution in [2.45, 2.75) is 19.3 Å². The Balaban J connectivity index is 2.44. The number of benzene rings is 1. The van der Waals surface area contributed by atoms with E-state index < -0.39 is 17.9 Å². The van der Waals surface area contributed by atoms with Crippen molar-refractivity contribution in [1.82, 2.24) is 0 Å². The maximum atomic E-state index is 11.4. The summed E-state index contributed by atoms with van der Waals surface area (Å²) in [4.78, 5) is 22.9. The first kappa shape index (κ1) is 15.8. The Kier molecular flexibility index (Phi) is 6.91. The Hall–Kier alpha value is -2.28. The molecule has 20 heavy (non-hydrogen) atoms. The van der Waals surface area contributed by atoms with Crippen LogP contribution in [-0.4, -0.2) is 26.2 Å². The molecule has 4 heteroatoms. The average molecular weight is 274 g/mol. The Morgan fingerprint density at radius 2 is 1.70 bits per heavy atom. The summed E-state index contributed by atoms with van der Waals surface area (Å²) in [5.74, 6) is 4.06. The van der Waals surface area contributed by atoms with Gasteiger partial charge in [0.1, 0.15) is 0 Å². The molecule has 0 aliphatic heterocycles. The molecule has 0 spiro atoms. The molecule has 0 aliphatic carbocycles. The predicted molar refractivity (Wildman–Crippen MR) is 74.7 cm³/mol. The van der Waals surface area contributed by atoms with Crippen molar-refractivity contribution in [3.63, 3.8) is 0 Å². The third-order valence-corrected chi connectivity index (χ3v) is 2.77. The van der Waals surface area contributed by atoms with E-state index in [1.165, 1.54) is 14.2 Å². The minimum atomic E-state index is -0.858. The van der Waals surface area contributed by atoms with Crippen molar-refractivity contribution >= 4 is 11.9 Å². The molecule has 0 heterocycles. The van der Waals surface area contributed by atoms with E-state index in [0.717, 1.165) is 5.56 Å². The lowest BCUT2D eigenvalue weighted by molar-refractivity contribution is -0.159. The van der Waals surface area contributed by atoms with Crippen LogP contribution < -0.4 is 0 Å². The first-order chi connectivity index (χ1) is 9.69. The summed E-state index contributed by atoms with van der Waals surface area (Å²) >= 11 is 0. The van der Waals surface area contributed by atoms with Crippen LogP contribution >= 0.6 is 0 Å². The normalized spacial score (nSPS) is 9.55. The largest absolute Gasteiger partial charge is 0.468 e. The number of rotatable bonds is 5. The van der Waals surface area contributed by atoms with Crippen LogP contribution in [0.1, 0.15) is 24.8 Å². The summed E-state index contributed by atoms with van der Waals surface area (Å²) in [7, 11) is 2.51. The highest BCUT2D eigenvalue weighted by Gasteiger charge is 2.27. The van der Waals surface area contributed by atoms with E-state index in [4.69, 9.17) is 0 Å². The first-order valence-corrected chi connectivity index (χ1v) is 6.38. The second kappa shape index (κ2) is 8.76. The Bertz CT molecular complexity index is 480. The van der Waals surface area contributed by atoms with Gasteiger partial charge >= 0.3 is 11.9 Å². The van der Waals surface area contributed by atoms with Gasteiger partial charge in [-0.1, -0.05) is 30.0 Å². The summed E-state index contributed by atoms with van der Waals surface area (Å²) in [5, 5.41) is 0. The molecule has 0 aliphatic rings. The van der Waals surface area contributed by atoms with E-state index in [1.54, 1.807) is 0 Å². The number of carbonyl (C=O) groups is 2. The molecule has 0 aromatic heterocycles. The van der Waals surface area contributed by atoms with Crippen molar-refractivity contribution in [2.75, 3.05) is 14.2 Å². The second-order valence-corrected chi connectivity index (χ2v) is 4.16. The van der Waals surface area contributed by atoms with Gasteiger partial charge in [0.15, 0.2) is 5.92 Å². The lowest BCUT2D eigenvalue weighted by atomic mass is 10.0. The molecular weight excluding hydrogens is 256 g/mol. The van der Waals surface area contributed by atoms with E-state index in [-0.39, 0.29) is 0 Å². The molecule has 0 N–H and O–H groups in total. The number of esters is 2. The van der Waals surface area contributed by atoms with Gasteiger partial charge in [0.2, 0.25) is 0 Å². The van der Waals surface area contributed by atoms with Gasteiger partial charge < -0.3 is 9.47 Å². The van der Waals surface area contributed by atoms with Crippen molar-refractivity contribution in [3.8, 4) is 11.8 Å². The minimum absolute atomic E-state index is 0.378. The van der Waals surface area contributed by atoms with Gasteiger partial charge in [0, 0.05) is 12.0 Å². The monoisotopic (exact) mass is 274 g/mol. The van der Waals surface area contributed by atoms with Crippen LogP contribution in [0.15, 0.2) is 30.3 Å². The fourth-order valence-electron chi connectivity index (χ4n) is 1.70. The van der Waals surface area contributed by atoms with Gasteiger partial charge in [-0.05, 0) is 25.0 Å². The van der Waals surface area contributed by atoms with Gasteiger partial charge in [-0.2, -0.15) is 0 Å². The SMILES string of the molecule is COC(=O)C(CCCC#Cc1ccccc1)C(=O)OC. The van der Waals surface area contributed by atoms with E-state index in [1.807, 2.05) is 30.3 Å². The molecule has 0 unspecified atom stereocenters. The lowest BCUT2D eigenvalue weighted by Gasteiger charge is -2.10. The Labute approximate surface area is 119 Å². The molecule has 1 aromatic carbocycles.